The third kappa shape index (κ3) is 7.39. The van der Waals surface area contributed by atoms with Gasteiger partial charge in [0.2, 0.25) is 10.2 Å². The van der Waals surface area contributed by atoms with Crippen molar-refractivity contribution in [2.75, 3.05) is 24.7 Å². The van der Waals surface area contributed by atoms with Gasteiger partial charge >= 0.3 is 0 Å². The molecule has 9 rings (SSSR count). The molecule has 2 heterocycles. The monoisotopic (exact) mass is 808 g/mol. The molecular weight excluding hydrogens is 769 g/mol. The van der Waals surface area contributed by atoms with Crippen molar-refractivity contribution < 1.29 is 19.1 Å². The van der Waals surface area contributed by atoms with Crippen LogP contribution in [0, 0.1) is 0 Å². The first-order chi connectivity index (χ1) is 28.9. The van der Waals surface area contributed by atoms with Crippen molar-refractivity contribution in [2.24, 2.45) is 9.98 Å². The summed E-state index contributed by atoms with van der Waals surface area (Å²) in [6.07, 6.45) is 4.10. The predicted octanol–water partition coefficient (Wildman–Crippen LogP) is 11.1. The fraction of sp³-hybridized carbons (Fsp3) is 0.137. The lowest BCUT2D eigenvalue weighted by atomic mass is 9.67. The molecule has 0 fully saturated rings. The van der Waals surface area contributed by atoms with Gasteiger partial charge in [0.15, 0.2) is 0 Å². The van der Waals surface area contributed by atoms with Crippen molar-refractivity contribution in [3.8, 4) is 22.6 Å². The zero-order chi connectivity index (χ0) is 40.3. The number of nitrogens with zero attached hydrogens (tertiary/aromatic N) is 2. The minimum Gasteiger partial charge on any atom is -0.493 e. The first kappa shape index (κ1) is 38.3. The maximum absolute atomic E-state index is 11.5. The second-order valence-electron chi connectivity index (χ2n) is 14.5. The molecule has 0 bridgehead atoms. The zero-order valence-electron chi connectivity index (χ0n) is 32.4. The Hall–Kier alpha value is -6.22. The molecule has 0 N–H and O–H groups in total. The fourth-order valence-electron chi connectivity index (χ4n) is 8.43. The summed E-state index contributed by atoms with van der Waals surface area (Å²) in [6, 6.07) is 47.4. The van der Waals surface area contributed by atoms with E-state index in [1.807, 2.05) is 24.3 Å². The molecule has 6 aromatic rings. The number of aliphatic imine (C=N–C) groups is 2. The third-order valence-electron chi connectivity index (χ3n) is 11.1. The van der Waals surface area contributed by atoms with Crippen molar-refractivity contribution in [2.45, 2.75) is 18.3 Å². The van der Waals surface area contributed by atoms with Crippen molar-refractivity contribution in [3.63, 3.8) is 0 Å². The van der Waals surface area contributed by atoms with Crippen LogP contribution in [-0.4, -0.2) is 46.4 Å². The number of hydrogen-bond acceptors (Lipinski definition) is 8. The Morgan fingerprint density at radius 1 is 0.576 bits per heavy atom. The second-order valence-corrected chi connectivity index (χ2v) is 16.7. The molecule has 6 aromatic carbocycles. The molecule has 2 aliphatic heterocycles. The SMILES string of the molecule is C=CC(=O)SCCOc1ccc(C2=Nc3ccc(C4(c5ccc6c(c5)CC(c5ccc(OCCSC(=O)C=C)cc5)=N6)c5ccccc5-c5ccccc54)cc3C2)cc1. The van der Waals surface area contributed by atoms with Gasteiger partial charge in [-0.1, -0.05) is 109 Å². The molecule has 0 aromatic heterocycles. The van der Waals surface area contributed by atoms with Crippen LogP contribution in [0.4, 0.5) is 11.4 Å². The van der Waals surface area contributed by atoms with E-state index in [0.717, 1.165) is 58.3 Å². The molecule has 0 saturated carbocycles. The maximum atomic E-state index is 11.5. The average Bonchev–Trinajstić information content (AvgIpc) is 3.99. The van der Waals surface area contributed by atoms with Gasteiger partial charge in [-0.25, -0.2) is 0 Å². The van der Waals surface area contributed by atoms with Crippen LogP contribution in [0.15, 0.2) is 169 Å². The molecule has 3 aliphatic rings. The summed E-state index contributed by atoms with van der Waals surface area (Å²) in [5.74, 6) is 2.67. The molecule has 0 spiro atoms. The molecule has 8 heteroatoms. The minimum atomic E-state index is -0.552. The van der Waals surface area contributed by atoms with Gasteiger partial charge in [0, 0.05) is 24.3 Å². The molecule has 0 saturated heterocycles. The first-order valence-corrected chi connectivity index (χ1v) is 21.6. The zero-order valence-corrected chi connectivity index (χ0v) is 34.0. The Balaban J connectivity index is 0.993. The summed E-state index contributed by atoms with van der Waals surface area (Å²) in [4.78, 5) is 33.2. The highest BCUT2D eigenvalue weighted by molar-refractivity contribution is 8.14. The number of rotatable bonds is 14. The standard InChI is InChI=1S/C51H40N2O4S2/c1-3-49(54)58-27-25-56-39-19-13-33(14-20-39)47-31-35-29-37(17-23-45(35)52-47)51(43-11-7-5-9-41(43)42-10-6-8-12-44(42)51)38-18-24-46-36(30-38)32-48(53-46)34-15-21-40(22-16-34)57-26-28-59-50(55)4-2/h3-24,29-30H,1-2,25-28,31-32H2. The van der Waals surface area contributed by atoms with Crippen LogP contribution < -0.4 is 9.47 Å². The molecule has 6 nitrogen and oxygen atoms in total. The summed E-state index contributed by atoms with van der Waals surface area (Å²) in [5.41, 5.74) is 15.5. The van der Waals surface area contributed by atoms with Crippen LogP contribution in [0.2, 0.25) is 0 Å². The summed E-state index contributed by atoms with van der Waals surface area (Å²) in [5, 5.41) is -0.0983. The molecule has 290 valence electrons. The highest BCUT2D eigenvalue weighted by atomic mass is 32.2. The van der Waals surface area contributed by atoms with Crippen LogP contribution in [0.25, 0.3) is 11.1 Å². The Labute approximate surface area is 352 Å². The lowest BCUT2D eigenvalue weighted by Crippen LogP contribution is -2.29. The van der Waals surface area contributed by atoms with E-state index in [1.165, 1.54) is 80.2 Å². The fourth-order valence-corrected chi connectivity index (χ4v) is 9.41. The molecule has 0 radical (unpaired) electrons. The van der Waals surface area contributed by atoms with Gasteiger partial charge in [-0.05, 0) is 128 Å². The van der Waals surface area contributed by atoms with Gasteiger partial charge in [0.25, 0.3) is 0 Å². The third-order valence-corrected chi connectivity index (χ3v) is 12.7. The molecule has 0 atom stereocenters. The van der Waals surface area contributed by atoms with Gasteiger partial charge in [-0.15, -0.1) is 0 Å². The van der Waals surface area contributed by atoms with Crippen molar-refractivity contribution in [1.82, 2.24) is 0 Å². The number of carbonyl (C=O) groups excluding carboxylic acids is 2. The van der Waals surface area contributed by atoms with Crippen LogP contribution in [0.3, 0.4) is 0 Å². The van der Waals surface area contributed by atoms with Gasteiger partial charge in [0.1, 0.15) is 11.5 Å². The maximum Gasteiger partial charge on any atom is 0.211 e. The van der Waals surface area contributed by atoms with E-state index in [0.29, 0.717) is 24.7 Å². The highest BCUT2D eigenvalue weighted by Gasteiger charge is 2.46. The lowest BCUT2D eigenvalue weighted by molar-refractivity contribution is -0.107. The van der Waals surface area contributed by atoms with Crippen LogP contribution in [0.1, 0.15) is 44.5 Å². The summed E-state index contributed by atoms with van der Waals surface area (Å²) in [7, 11) is 0. The van der Waals surface area contributed by atoms with Gasteiger partial charge in [0.05, 0.1) is 41.4 Å². The quantitative estimate of drug-likeness (QED) is 0.0804. The van der Waals surface area contributed by atoms with E-state index in [2.05, 4.69) is 122 Å². The predicted molar refractivity (Wildman–Crippen MR) is 243 cm³/mol. The number of fused-ring (bicyclic) bond motifs is 5. The van der Waals surface area contributed by atoms with Crippen molar-refractivity contribution in [1.29, 1.82) is 0 Å². The van der Waals surface area contributed by atoms with E-state index in [-0.39, 0.29) is 10.2 Å². The number of hydrogen-bond donors (Lipinski definition) is 0. The minimum absolute atomic E-state index is 0.0491. The van der Waals surface area contributed by atoms with E-state index in [1.54, 1.807) is 0 Å². The average molecular weight is 809 g/mol. The van der Waals surface area contributed by atoms with E-state index in [4.69, 9.17) is 19.5 Å². The number of ether oxygens (including phenoxy) is 2. The molecule has 0 amide bonds. The molecular formula is C51H40N2O4S2. The lowest BCUT2D eigenvalue weighted by Gasteiger charge is -2.34. The Morgan fingerprint density at radius 3 is 1.42 bits per heavy atom. The van der Waals surface area contributed by atoms with Crippen LogP contribution in [0.5, 0.6) is 11.5 Å². The van der Waals surface area contributed by atoms with E-state index < -0.39 is 5.41 Å². The van der Waals surface area contributed by atoms with Gasteiger partial charge in [-0.2, -0.15) is 0 Å². The Bertz CT molecular complexity index is 2510. The van der Waals surface area contributed by atoms with Crippen molar-refractivity contribution in [3.05, 3.63) is 203 Å². The van der Waals surface area contributed by atoms with Crippen LogP contribution in [-0.2, 0) is 27.8 Å². The second kappa shape index (κ2) is 16.6. The molecule has 0 unspecified atom stereocenters. The van der Waals surface area contributed by atoms with Gasteiger partial charge < -0.3 is 9.47 Å². The Kier molecular flexibility index (Phi) is 10.8. The largest absolute Gasteiger partial charge is 0.493 e. The number of carbonyl (C=O) groups is 2. The smallest absolute Gasteiger partial charge is 0.211 e. The summed E-state index contributed by atoms with van der Waals surface area (Å²) in [6.45, 7) is 7.92. The topological polar surface area (TPSA) is 77.3 Å². The number of thioether (sulfide) groups is 2. The Morgan fingerprint density at radius 2 is 1.00 bits per heavy atom. The molecule has 59 heavy (non-hydrogen) atoms. The first-order valence-electron chi connectivity index (χ1n) is 19.6. The highest BCUT2D eigenvalue weighted by Crippen LogP contribution is 2.57. The van der Waals surface area contributed by atoms with Crippen molar-refractivity contribution >= 4 is 56.6 Å². The van der Waals surface area contributed by atoms with E-state index in [9.17, 15) is 9.59 Å². The van der Waals surface area contributed by atoms with E-state index >= 15 is 0 Å². The normalized spacial score (nSPS) is 14.0. The van der Waals surface area contributed by atoms with Gasteiger partial charge in [-0.3, -0.25) is 19.6 Å². The molecule has 1 aliphatic carbocycles. The number of benzene rings is 6. The van der Waals surface area contributed by atoms with Crippen LogP contribution >= 0.6 is 23.5 Å². The summed E-state index contributed by atoms with van der Waals surface area (Å²) >= 11 is 2.40. The summed E-state index contributed by atoms with van der Waals surface area (Å²) < 4.78 is 11.8.